The van der Waals surface area contributed by atoms with Crippen LogP contribution >= 0.6 is 0 Å². The Kier molecular flexibility index (Phi) is 9.15. The lowest BCUT2D eigenvalue weighted by atomic mass is 10.0. The van der Waals surface area contributed by atoms with E-state index >= 15 is 0 Å². The zero-order chi connectivity index (χ0) is 21.1. The first-order valence-corrected chi connectivity index (χ1v) is 11.7. The van der Waals surface area contributed by atoms with E-state index in [4.69, 9.17) is 4.74 Å². The van der Waals surface area contributed by atoms with Gasteiger partial charge in [0.05, 0.1) is 19.1 Å². The maximum atomic E-state index is 12.4. The van der Waals surface area contributed by atoms with Gasteiger partial charge in [-0.15, -0.1) is 0 Å². The van der Waals surface area contributed by atoms with Crippen LogP contribution in [0, 0.1) is 0 Å². The van der Waals surface area contributed by atoms with Gasteiger partial charge in [0, 0.05) is 12.0 Å². The molecule has 0 fully saturated rings. The van der Waals surface area contributed by atoms with Crippen LogP contribution < -0.4 is 14.8 Å². The highest BCUT2D eigenvalue weighted by atomic mass is 32.2. The van der Waals surface area contributed by atoms with E-state index in [0.29, 0.717) is 17.7 Å². The number of ether oxygens (including phenoxy) is 1. The van der Waals surface area contributed by atoms with Crippen molar-refractivity contribution in [2.24, 2.45) is 0 Å². The van der Waals surface area contributed by atoms with Crippen molar-refractivity contribution in [2.75, 3.05) is 31.2 Å². The Morgan fingerprint density at radius 1 is 1.00 bits per heavy atom. The molecule has 2 N–H and O–H groups in total. The first-order valence-electron chi connectivity index (χ1n) is 9.83. The van der Waals surface area contributed by atoms with Gasteiger partial charge in [-0.2, -0.15) is 0 Å². The molecule has 0 unspecified atom stereocenters. The summed E-state index contributed by atoms with van der Waals surface area (Å²) in [5.74, 6) is 0.384. The van der Waals surface area contributed by atoms with E-state index in [-0.39, 0.29) is 11.5 Å². The maximum absolute atomic E-state index is 12.4. The molecular weight excluding hydrogens is 388 g/mol. The molecule has 0 saturated heterocycles. The molecule has 158 valence electrons. The predicted molar refractivity (Wildman–Crippen MR) is 117 cm³/mol. The Morgan fingerprint density at radius 3 is 2.45 bits per heavy atom. The third-order valence-corrected chi connectivity index (χ3v) is 5.10. The quantitative estimate of drug-likeness (QED) is 0.383. The van der Waals surface area contributed by atoms with Gasteiger partial charge in [-0.3, -0.25) is 9.52 Å². The zero-order valence-electron chi connectivity index (χ0n) is 17.1. The molecule has 7 heteroatoms. The Morgan fingerprint density at radius 2 is 1.76 bits per heavy atom. The Balaban J connectivity index is 1.69. The summed E-state index contributed by atoms with van der Waals surface area (Å²) in [6.45, 7) is 1.89. The van der Waals surface area contributed by atoms with Gasteiger partial charge in [-0.05, 0) is 56.1 Å². The highest BCUT2D eigenvalue weighted by Gasteiger charge is 2.13. The monoisotopic (exact) mass is 418 g/mol. The van der Waals surface area contributed by atoms with Gasteiger partial charge in [0.1, 0.15) is 5.75 Å². The molecule has 0 aromatic heterocycles. The summed E-state index contributed by atoms with van der Waals surface area (Å²) in [6, 6.07) is 15.2. The third-order valence-electron chi connectivity index (χ3n) is 4.51. The van der Waals surface area contributed by atoms with Crippen LogP contribution in [0.3, 0.4) is 0 Å². The van der Waals surface area contributed by atoms with E-state index in [9.17, 15) is 13.2 Å². The number of unbranched alkanes of at least 4 members (excludes halogenated alkanes) is 2. The van der Waals surface area contributed by atoms with Crippen LogP contribution in [0.1, 0.15) is 41.6 Å². The number of nitrogens with one attached hydrogen (secondary N) is 2. The van der Waals surface area contributed by atoms with Gasteiger partial charge in [-0.25, -0.2) is 8.42 Å². The number of methoxy groups -OCH3 is 1. The molecule has 0 spiro atoms. The number of hydrogen-bond donors (Lipinski definition) is 2. The van der Waals surface area contributed by atoms with Gasteiger partial charge in [0.15, 0.2) is 5.78 Å². The van der Waals surface area contributed by atoms with E-state index in [1.807, 2.05) is 6.07 Å². The minimum absolute atomic E-state index is 0.00115. The number of carbonyl (C=O) groups excluding carboxylic acids is 1. The van der Waals surface area contributed by atoms with Crippen molar-refractivity contribution in [3.05, 3.63) is 59.7 Å². The summed E-state index contributed by atoms with van der Waals surface area (Å²) in [5.41, 5.74) is 2.09. The van der Waals surface area contributed by atoms with Crippen LogP contribution in [0.4, 0.5) is 5.69 Å². The zero-order valence-corrected chi connectivity index (χ0v) is 17.9. The summed E-state index contributed by atoms with van der Waals surface area (Å²) in [7, 11) is -1.99. The fourth-order valence-corrected chi connectivity index (χ4v) is 3.58. The molecule has 29 heavy (non-hydrogen) atoms. The third kappa shape index (κ3) is 8.66. The van der Waals surface area contributed by atoms with Gasteiger partial charge < -0.3 is 10.1 Å². The van der Waals surface area contributed by atoms with E-state index in [1.165, 1.54) is 18.7 Å². The molecule has 0 bridgehead atoms. The standard InChI is InChI=1S/C22H30N2O4S/c1-28-22-13-12-19(17-20(22)24-29(2,26)27)21(25)11-7-4-8-15-23-16-14-18-9-5-3-6-10-18/h3,5-6,9-10,12-13,17,23-24H,4,7-8,11,14-16H2,1-2H3. The highest BCUT2D eigenvalue weighted by Crippen LogP contribution is 2.27. The number of rotatable bonds is 13. The SMILES string of the molecule is COc1ccc(C(=O)CCCCCNCCc2ccccc2)cc1NS(C)(=O)=O. The van der Waals surface area contributed by atoms with E-state index in [0.717, 1.165) is 45.0 Å². The molecule has 0 saturated carbocycles. The molecule has 0 aliphatic rings. The summed E-state index contributed by atoms with van der Waals surface area (Å²) in [5, 5.41) is 3.43. The molecule has 2 rings (SSSR count). The number of hydrogen-bond acceptors (Lipinski definition) is 5. The number of benzene rings is 2. The molecular formula is C22H30N2O4S. The minimum Gasteiger partial charge on any atom is -0.495 e. The van der Waals surface area contributed by atoms with Gasteiger partial charge >= 0.3 is 0 Å². The first kappa shape index (κ1) is 22.9. The molecule has 0 heterocycles. The van der Waals surface area contributed by atoms with Crippen molar-refractivity contribution in [3.8, 4) is 5.75 Å². The molecule has 0 atom stereocenters. The largest absolute Gasteiger partial charge is 0.495 e. The van der Waals surface area contributed by atoms with E-state index in [2.05, 4.69) is 34.3 Å². The van der Waals surface area contributed by atoms with Gasteiger partial charge in [0.2, 0.25) is 10.0 Å². The fraction of sp³-hybridized carbons (Fsp3) is 0.409. The van der Waals surface area contributed by atoms with Crippen molar-refractivity contribution in [2.45, 2.75) is 32.1 Å². The molecule has 2 aromatic carbocycles. The van der Waals surface area contributed by atoms with E-state index in [1.54, 1.807) is 12.1 Å². The summed E-state index contributed by atoms with van der Waals surface area (Å²) in [6.07, 6.45) is 5.31. The fourth-order valence-electron chi connectivity index (χ4n) is 3.02. The number of sulfonamides is 1. The van der Waals surface area contributed by atoms with Crippen molar-refractivity contribution in [3.63, 3.8) is 0 Å². The van der Waals surface area contributed by atoms with Crippen LogP contribution in [0.15, 0.2) is 48.5 Å². The number of ketones is 1. The smallest absolute Gasteiger partial charge is 0.229 e. The van der Waals surface area contributed by atoms with Crippen LogP contribution in [0.25, 0.3) is 0 Å². The second kappa shape index (κ2) is 11.6. The van der Waals surface area contributed by atoms with Crippen molar-refractivity contribution >= 4 is 21.5 Å². The van der Waals surface area contributed by atoms with Gasteiger partial charge in [0.25, 0.3) is 0 Å². The summed E-state index contributed by atoms with van der Waals surface area (Å²) in [4.78, 5) is 12.4. The topological polar surface area (TPSA) is 84.5 Å². The second-order valence-corrected chi connectivity index (χ2v) is 8.76. The van der Waals surface area contributed by atoms with Crippen LogP contribution in [-0.2, 0) is 16.4 Å². The molecule has 2 aromatic rings. The second-order valence-electron chi connectivity index (χ2n) is 7.01. The molecule has 0 aliphatic heterocycles. The maximum Gasteiger partial charge on any atom is 0.229 e. The molecule has 0 aliphatic carbocycles. The van der Waals surface area contributed by atoms with Crippen LogP contribution in [-0.4, -0.2) is 40.7 Å². The Hall–Kier alpha value is -2.38. The Bertz CT molecular complexity index is 883. The van der Waals surface area contributed by atoms with Crippen molar-refractivity contribution in [1.82, 2.24) is 5.32 Å². The van der Waals surface area contributed by atoms with Crippen LogP contribution in [0.5, 0.6) is 5.75 Å². The Labute approximate surface area is 173 Å². The average Bonchev–Trinajstić information content (AvgIpc) is 2.69. The summed E-state index contributed by atoms with van der Waals surface area (Å²) >= 11 is 0. The molecule has 6 nitrogen and oxygen atoms in total. The van der Waals surface area contributed by atoms with Crippen molar-refractivity contribution in [1.29, 1.82) is 0 Å². The van der Waals surface area contributed by atoms with Gasteiger partial charge in [-0.1, -0.05) is 36.8 Å². The van der Waals surface area contributed by atoms with E-state index < -0.39 is 10.0 Å². The lowest BCUT2D eigenvalue weighted by molar-refractivity contribution is 0.0979. The number of Topliss-reactive ketones (excluding diaryl/α,β-unsaturated/α-hetero) is 1. The number of carbonyl (C=O) groups is 1. The predicted octanol–water partition coefficient (Wildman–Crippen LogP) is 3.64. The molecule has 0 radical (unpaired) electrons. The normalized spacial score (nSPS) is 11.2. The highest BCUT2D eigenvalue weighted by molar-refractivity contribution is 7.92. The number of anilines is 1. The average molecular weight is 419 g/mol. The first-order chi connectivity index (χ1) is 13.9. The van der Waals surface area contributed by atoms with Crippen molar-refractivity contribution < 1.29 is 17.9 Å². The van der Waals surface area contributed by atoms with Crippen LogP contribution in [0.2, 0.25) is 0 Å². The molecule has 0 amide bonds. The lowest BCUT2D eigenvalue weighted by Crippen LogP contribution is -2.18. The minimum atomic E-state index is -3.45. The summed E-state index contributed by atoms with van der Waals surface area (Å²) < 4.78 is 30.5. The lowest BCUT2D eigenvalue weighted by Gasteiger charge is -2.11.